The molecule has 2 rings (SSSR count). The smallest absolute Gasteiger partial charge is 0.326 e. The third-order valence-electron chi connectivity index (χ3n) is 13.1. The fourth-order valence-electron chi connectivity index (χ4n) is 8.27. The summed E-state index contributed by atoms with van der Waals surface area (Å²) in [6.07, 6.45) is -0.313. The fourth-order valence-corrected chi connectivity index (χ4v) is 8.52. The zero-order valence-corrected chi connectivity index (χ0v) is 51.3. The van der Waals surface area contributed by atoms with Crippen LogP contribution in [0.1, 0.15) is 91.3 Å². The van der Waals surface area contributed by atoms with E-state index in [-0.39, 0.29) is 87.3 Å². The highest BCUT2D eigenvalue weighted by Gasteiger charge is 2.36. The topological polar surface area (TPSA) is 569 Å². The van der Waals surface area contributed by atoms with E-state index in [0.717, 1.165) is 0 Å². The predicted molar refractivity (Wildman–Crippen MR) is 326 cm³/mol. The molecule has 0 radical (unpaired) electrons. The minimum absolute atomic E-state index is 0.00479. The predicted octanol–water partition coefficient (Wildman–Crippen LogP) is -6.30. The molecule has 89 heavy (non-hydrogen) atoms. The van der Waals surface area contributed by atoms with Crippen molar-refractivity contribution < 1.29 is 72.9 Å². The van der Waals surface area contributed by atoms with Crippen LogP contribution in [-0.2, 0) is 70.4 Å². The Hall–Kier alpha value is -9.12. The Morgan fingerprint density at radius 3 is 1.60 bits per heavy atom. The molecule has 0 fully saturated rings. The van der Waals surface area contributed by atoms with Gasteiger partial charge < -0.3 is 102 Å². The first-order chi connectivity index (χ1) is 41.8. The van der Waals surface area contributed by atoms with Crippen molar-refractivity contribution in [1.29, 1.82) is 0 Å². The van der Waals surface area contributed by atoms with E-state index in [1.54, 1.807) is 44.2 Å². The van der Waals surface area contributed by atoms with Crippen LogP contribution >= 0.6 is 12.6 Å². The number of aliphatic hydroxyl groups is 1. The summed E-state index contributed by atoms with van der Waals surface area (Å²) in [5, 5.41) is 54.0. The van der Waals surface area contributed by atoms with Crippen LogP contribution in [0.4, 0.5) is 0 Å². The highest BCUT2D eigenvalue weighted by Crippen LogP contribution is 2.11. The summed E-state index contributed by atoms with van der Waals surface area (Å²) in [5.41, 5.74) is 28.5. The number of hydrogen-bond donors (Lipinski definition) is 20. The number of carbonyl (C=O) groups is 12. The number of imidazole rings is 1. The number of benzene rings is 1. The molecule has 494 valence electrons. The highest BCUT2D eigenvalue weighted by atomic mass is 32.1. The van der Waals surface area contributed by atoms with Crippen LogP contribution in [0.3, 0.4) is 0 Å². The average Bonchev–Trinajstić information content (AvgIpc) is 3.91. The van der Waals surface area contributed by atoms with Crippen molar-refractivity contribution >= 4 is 95.6 Å². The van der Waals surface area contributed by atoms with Gasteiger partial charge in [-0.3, -0.25) is 62.7 Å². The normalized spacial score (nSPS) is 14.7. The van der Waals surface area contributed by atoms with Gasteiger partial charge in [0, 0.05) is 43.6 Å². The maximum atomic E-state index is 14.3. The first kappa shape index (κ1) is 76.0. The van der Waals surface area contributed by atoms with Gasteiger partial charge in [0.1, 0.15) is 60.4 Å². The van der Waals surface area contributed by atoms with Crippen LogP contribution in [0.25, 0.3) is 0 Å². The molecule has 0 saturated heterocycles. The van der Waals surface area contributed by atoms with Crippen molar-refractivity contribution in [1.82, 2.24) is 63.1 Å². The number of thiol groups is 1. The summed E-state index contributed by atoms with van der Waals surface area (Å²) in [5.74, 6) is -14.2. The summed E-state index contributed by atoms with van der Waals surface area (Å²) in [6, 6.07) is -6.12. The van der Waals surface area contributed by atoms with Gasteiger partial charge in [0.05, 0.1) is 25.4 Å². The molecule has 2 aromatic rings. The van der Waals surface area contributed by atoms with E-state index in [4.69, 9.17) is 28.7 Å². The van der Waals surface area contributed by atoms with Gasteiger partial charge in [-0.15, -0.1) is 0 Å². The molecule has 0 aliphatic heterocycles. The highest BCUT2D eigenvalue weighted by molar-refractivity contribution is 7.80. The zero-order chi connectivity index (χ0) is 67.1. The molecule has 1 aromatic heterocycles. The van der Waals surface area contributed by atoms with Crippen LogP contribution in [0.15, 0.2) is 52.8 Å². The Balaban J connectivity index is 2.38. The molecule has 0 spiro atoms. The Labute approximate surface area is 519 Å². The lowest BCUT2D eigenvalue weighted by Gasteiger charge is -2.28. The van der Waals surface area contributed by atoms with Crippen molar-refractivity contribution in [3.05, 3.63) is 54.1 Å². The summed E-state index contributed by atoms with van der Waals surface area (Å²) in [7, 11) is 0. The monoisotopic (exact) mass is 1270 g/mol. The molecule has 0 saturated carbocycles. The molecule has 1 heterocycles. The number of aliphatic carboxylic acids is 2. The third-order valence-corrected chi connectivity index (χ3v) is 13.5. The van der Waals surface area contributed by atoms with Crippen LogP contribution in [0.2, 0.25) is 0 Å². The van der Waals surface area contributed by atoms with Gasteiger partial charge in [-0.1, -0.05) is 58.0 Å². The number of nitrogens with two attached hydrogens (primary N) is 5. The van der Waals surface area contributed by atoms with E-state index in [1.165, 1.54) is 40.2 Å². The number of carboxylic acids is 2. The molecule has 1 aromatic carbocycles. The number of nitrogens with zero attached hydrogens (tertiary/aromatic N) is 3. The molecule has 24 N–H and O–H groups in total. The number of carboxylic acid groups (broad SMARTS) is 2. The summed E-state index contributed by atoms with van der Waals surface area (Å²) < 4.78 is 0. The van der Waals surface area contributed by atoms with E-state index >= 15 is 0 Å². The Morgan fingerprint density at radius 2 is 1.09 bits per heavy atom. The van der Waals surface area contributed by atoms with Gasteiger partial charge in [0.25, 0.3) is 0 Å². The fraction of sp³-hybridized carbons (Fsp3) is 0.574. The lowest BCUT2D eigenvalue weighted by Crippen LogP contribution is -2.61. The number of hydrogen-bond acceptors (Lipinski definition) is 18. The number of aromatic amines is 1. The quantitative estimate of drug-likeness (QED) is 0.0128. The largest absolute Gasteiger partial charge is 0.481 e. The Kier molecular flexibility index (Phi) is 33.2. The number of aliphatic hydroxyl groups excluding tert-OH is 1. The van der Waals surface area contributed by atoms with Crippen LogP contribution < -0.4 is 81.8 Å². The number of carbonyl (C=O) groups excluding carboxylic acids is 10. The second kappa shape index (κ2) is 38.9. The maximum absolute atomic E-state index is 14.3. The molecule has 11 atom stereocenters. The number of amides is 10. The van der Waals surface area contributed by atoms with E-state index < -0.39 is 156 Å². The minimum Gasteiger partial charge on any atom is -0.481 e. The lowest BCUT2D eigenvalue weighted by molar-refractivity contribution is -0.142. The number of nitrogens with one attached hydrogen (secondary N) is 11. The third kappa shape index (κ3) is 29.0. The van der Waals surface area contributed by atoms with Gasteiger partial charge >= 0.3 is 11.9 Å². The maximum Gasteiger partial charge on any atom is 0.326 e. The molecule has 0 bridgehead atoms. The molecule has 10 amide bonds. The summed E-state index contributed by atoms with van der Waals surface area (Å²) in [4.78, 5) is 175. The van der Waals surface area contributed by atoms with E-state index in [2.05, 4.69) is 85.7 Å². The van der Waals surface area contributed by atoms with E-state index in [9.17, 15) is 72.9 Å². The van der Waals surface area contributed by atoms with Gasteiger partial charge in [0.15, 0.2) is 11.9 Å². The number of rotatable bonds is 40. The number of aromatic nitrogens is 2. The first-order valence-corrected chi connectivity index (χ1v) is 29.1. The Morgan fingerprint density at radius 1 is 0.584 bits per heavy atom. The average molecular weight is 1270 g/mol. The van der Waals surface area contributed by atoms with Crippen molar-refractivity contribution in [2.45, 2.75) is 159 Å². The molecular weight excluding hydrogens is 1190 g/mol. The number of guanidine groups is 2. The van der Waals surface area contributed by atoms with Crippen molar-refractivity contribution in [2.75, 3.05) is 25.4 Å². The molecule has 0 aliphatic carbocycles. The second-order valence-electron chi connectivity index (χ2n) is 21.5. The standard InChI is InChI=1S/C54H87N19O15S/c1-26(2)18-34(46(81)65-28(5)43(78)71-37(52(87)88)19-30-12-8-7-9-13-30)66-39(75)23-63-44(79)32(14-10-16-61-53(56)57)67-47(82)35(20-31-22-60-25-64-31)69-48(83)36(21-40(76)77)70-51(86)42(27(3)4)73-45(80)33(15-11-17-62-54(58)59)68-49(84)38(24-89)72-50(85)41(55)29(6)74/h7-9,12-13,22,25-29,32-38,41-42,74,89H,10-11,14-21,23-24,55H2,1-6H3,(H,60,64)(H,63,79)(H,65,81)(H,66,75)(H,67,82)(H,68,84)(H,69,83)(H,70,86)(H,71,78)(H,72,85)(H,73,80)(H,76,77)(H,87,88)(H4,56,57,61)(H4,58,59,62)/t28-,29+,32-,33-,34-,35-,36-,37-,38-,41-,42-/m0/s1. The molecule has 0 aliphatic rings. The lowest BCUT2D eigenvalue weighted by atomic mass is 10.0. The van der Waals surface area contributed by atoms with Crippen molar-refractivity contribution in [2.24, 2.45) is 50.5 Å². The van der Waals surface area contributed by atoms with Gasteiger partial charge in [-0.2, -0.15) is 12.6 Å². The van der Waals surface area contributed by atoms with Crippen molar-refractivity contribution in [3.63, 3.8) is 0 Å². The van der Waals surface area contributed by atoms with Crippen LogP contribution in [0.5, 0.6) is 0 Å². The zero-order valence-electron chi connectivity index (χ0n) is 50.4. The first-order valence-electron chi connectivity index (χ1n) is 28.4. The summed E-state index contributed by atoms with van der Waals surface area (Å²) in [6.45, 7) is 8.31. The molecular formula is C54H87N19O15S. The van der Waals surface area contributed by atoms with Crippen LogP contribution in [-0.4, -0.2) is 200 Å². The van der Waals surface area contributed by atoms with Gasteiger partial charge in [-0.25, -0.2) is 9.78 Å². The molecule has 34 nitrogen and oxygen atoms in total. The van der Waals surface area contributed by atoms with Gasteiger partial charge in [-0.05, 0) is 63.4 Å². The second-order valence-corrected chi connectivity index (χ2v) is 21.9. The van der Waals surface area contributed by atoms with E-state index in [0.29, 0.717) is 5.56 Å². The number of aliphatic imine (C=N–C) groups is 2. The SMILES string of the molecule is CC(C)C[C@H](NC(=O)CNC(=O)[C@H](CCCN=C(N)N)NC(=O)[C@H](Cc1cnc[nH]1)NC(=O)[C@H](CC(=O)O)NC(=O)[C@@H](NC(=O)[C@H](CCCN=C(N)N)NC(=O)[C@H](CS)NC(=O)[C@@H](N)[C@@H](C)O)C(C)C)C(=O)N[C@@H](C)C(=O)N[C@@H](Cc1ccccc1)C(=O)O. The molecule has 35 heteroatoms. The van der Waals surface area contributed by atoms with Crippen molar-refractivity contribution in [3.8, 4) is 0 Å². The molecule has 0 unspecified atom stereocenters. The van der Waals surface area contributed by atoms with Gasteiger partial charge in [0.2, 0.25) is 59.1 Å². The van der Waals surface area contributed by atoms with Crippen LogP contribution in [0, 0.1) is 11.8 Å². The summed E-state index contributed by atoms with van der Waals surface area (Å²) >= 11 is 4.13. The number of H-pyrrole nitrogens is 1. The van der Waals surface area contributed by atoms with E-state index in [1.807, 2.05) is 0 Å². The minimum atomic E-state index is -1.94. The Bertz CT molecular complexity index is 2760.